The topological polar surface area (TPSA) is 159 Å². The van der Waals surface area contributed by atoms with Gasteiger partial charge in [0.25, 0.3) is 11.8 Å². The van der Waals surface area contributed by atoms with Crippen molar-refractivity contribution in [2.45, 2.75) is 64.1 Å². The van der Waals surface area contributed by atoms with E-state index < -0.39 is 47.7 Å². The van der Waals surface area contributed by atoms with Crippen LogP contribution in [0.3, 0.4) is 0 Å². The fourth-order valence-electron chi connectivity index (χ4n) is 5.13. The number of aliphatic hydroxyl groups excluding tert-OH is 1. The molecule has 0 aliphatic carbocycles. The normalized spacial score (nSPS) is 13.4. The number of carboxylic acid groups (broad SMARTS) is 1. The first kappa shape index (κ1) is 32.9. The Labute approximate surface area is 261 Å². The molecule has 2 amide bonds. The van der Waals surface area contributed by atoms with Gasteiger partial charge in [0.1, 0.15) is 5.69 Å². The van der Waals surface area contributed by atoms with Crippen LogP contribution >= 0.6 is 0 Å². The molecule has 10 nitrogen and oxygen atoms in total. The number of Topliss-reactive ketones (excluding diaryl/α,β-unsaturated/α-hetero) is 1. The van der Waals surface area contributed by atoms with Crippen LogP contribution in [0.15, 0.2) is 85.2 Å². The van der Waals surface area contributed by atoms with Crippen LogP contribution in [0.2, 0.25) is 0 Å². The quantitative estimate of drug-likeness (QED) is 0.176. The molecule has 1 unspecified atom stereocenters. The number of rotatable bonds is 13. The number of nitrogens with zero attached hydrogens (tertiary/aromatic N) is 2. The second-order valence-corrected chi connectivity index (χ2v) is 12.1. The van der Waals surface area contributed by atoms with Crippen LogP contribution in [0.5, 0.6) is 0 Å². The van der Waals surface area contributed by atoms with Crippen molar-refractivity contribution in [1.82, 2.24) is 20.6 Å². The number of carboxylic acids is 1. The third kappa shape index (κ3) is 9.51. The predicted octanol–water partition coefficient (Wildman–Crippen LogP) is 4.15. The van der Waals surface area contributed by atoms with Crippen LogP contribution in [0.4, 0.5) is 0 Å². The highest BCUT2D eigenvalue weighted by atomic mass is 16.4. The maximum absolute atomic E-state index is 13.7. The van der Waals surface area contributed by atoms with Crippen molar-refractivity contribution in [1.29, 1.82) is 0 Å². The smallest absolute Gasteiger partial charge is 0.305 e. The average molecular weight is 611 g/mol. The minimum absolute atomic E-state index is 0.0500. The van der Waals surface area contributed by atoms with Gasteiger partial charge in [-0.3, -0.25) is 24.2 Å². The summed E-state index contributed by atoms with van der Waals surface area (Å²) in [5.74, 6) is -3.44. The number of fused-ring (bicyclic) bond motifs is 1. The molecule has 0 saturated carbocycles. The van der Waals surface area contributed by atoms with Gasteiger partial charge in [-0.05, 0) is 74.9 Å². The van der Waals surface area contributed by atoms with Crippen LogP contribution in [0, 0.1) is 5.92 Å². The zero-order valence-electron chi connectivity index (χ0n) is 25.6. The molecule has 3 atom stereocenters. The van der Waals surface area contributed by atoms with E-state index in [9.17, 15) is 29.4 Å². The lowest BCUT2D eigenvalue weighted by Gasteiger charge is -2.26. The van der Waals surface area contributed by atoms with Crippen LogP contribution in [0.1, 0.15) is 65.6 Å². The van der Waals surface area contributed by atoms with Gasteiger partial charge in [0.2, 0.25) is 0 Å². The molecule has 0 radical (unpaired) electrons. The van der Waals surface area contributed by atoms with Crippen molar-refractivity contribution in [2.75, 3.05) is 0 Å². The molecule has 2 aromatic carbocycles. The Morgan fingerprint density at radius 3 is 2.29 bits per heavy atom. The van der Waals surface area contributed by atoms with E-state index in [4.69, 9.17) is 0 Å². The van der Waals surface area contributed by atoms with E-state index in [0.717, 1.165) is 10.9 Å². The summed E-state index contributed by atoms with van der Waals surface area (Å²) in [5, 5.41) is 27.4. The van der Waals surface area contributed by atoms with E-state index in [0.29, 0.717) is 16.6 Å². The molecule has 4 rings (SSSR count). The molecule has 2 aromatic heterocycles. The van der Waals surface area contributed by atoms with Gasteiger partial charge >= 0.3 is 5.97 Å². The number of hydrogen-bond donors (Lipinski definition) is 4. The van der Waals surface area contributed by atoms with Crippen molar-refractivity contribution in [3.63, 3.8) is 0 Å². The number of carbonyl (C=O) groups excluding carboxylic acids is 3. The Hall–Kier alpha value is -4.96. The summed E-state index contributed by atoms with van der Waals surface area (Å²) in [6, 6.07) is 19.7. The zero-order valence-corrected chi connectivity index (χ0v) is 25.6. The second kappa shape index (κ2) is 14.7. The summed E-state index contributed by atoms with van der Waals surface area (Å²) in [5.41, 5.74) is 1.96. The third-order valence-electron chi connectivity index (χ3n) is 7.31. The highest BCUT2D eigenvalue weighted by Gasteiger charge is 2.31. The van der Waals surface area contributed by atoms with Gasteiger partial charge < -0.3 is 20.8 Å². The molecule has 0 saturated heterocycles. The molecule has 4 aromatic rings. The number of aliphatic hydroxyl groups is 1. The number of aliphatic carboxylic acids is 1. The number of amides is 2. The lowest BCUT2D eigenvalue weighted by Crippen LogP contribution is -2.44. The summed E-state index contributed by atoms with van der Waals surface area (Å²) in [6.45, 7) is 5.63. The Bertz CT molecular complexity index is 1670. The van der Waals surface area contributed by atoms with Crippen LogP contribution in [-0.4, -0.2) is 61.4 Å². The minimum atomic E-state index is -1.35. The summed E-state index contributed by atoms with van der Waals surface area (Å²) < 4.78 is 0. The first-order valence-electron chi connectivity index (χ1n) is 14.8. The van der Waals surface area contributed by atoms with Gasteiger partial charge in [-0.1, -0.05) is 48.5 Å². The Morgan fingerprint density at radius 2 is 1.58 bits per heavy atom. The average Bonchev–Trinajstić information content (AvgIpc) is 2.99. The van der Waals surface area contributed by atoms with E-state index in [1.807, 2.05) is 39.0 Å². The molecule has 0 aliphatic rings. The third-order valence-corrected chi connectivity index (χ3v) is 7.31. The Balaban J connectivity index is 1.56. The number of nitrogens with one attached hydrogen (secondary N) is 2. The number of pyridine rings is 2. The fraction of sp³-hybridized carbons (Fsp3) is 0.314. The molecule has 2 heterocycles. The Kier molecular flexibility index (Phi) is 10.7. The van der Waals surface area contributed by atoms with Crippen LogP contribution in [-0.2, 0) is 22.4 Å². The highest BCUT2D eigenvalue weighted by Crippen LogP contribution is 2.23. The van der Waals surface area contributed by atoms with Crippen LogP contribution < -0.4 is 10.6 Å². The molecule has 0 aliphatic heterocycles. The SMILES string of the molecule is CC(C)(C)NC(=O)c1ccccc1C[C@@H](O)C(CC(=O)[C@H](CC(=O)O)NC(=O)c1ccc2ccccc2n1)Cc1cccnc1. The number of carbonyl (C=O) groups is 4. The van der Waals surface area contributed by atoms with E-state index in [1.165, 1.54) is 6.07 Å². The lowest BCUT2D eigenvalue weighted by molar-refractivity contribution is -0.139. The molecule has 4 N–H and O–H groups in total. The van der Waals surface area contributed by atoms with Crippen LogP contribution in [0.25, 0.3) is 10.9 Å². The number of ketones is 1. The maximum atomic E-state index is 13.7. The summed E-state index contributed by atoms with van der Waals surface area (Å²) in [7, 11) is 0. The number of benzene rings is 2. The van der Waals surface area contributed by atoms with Gasteiger partial charge in [0.15, 0.2) is 5.78 Å². The van der Waals surface area contributed by atoms with Gasteiger partial charge in [-0.2, -0.15) is 0 Å². The molecule has 234 valence electrons. The van der Waals surface area contributed by atoms with E-state index in [-0.39, 0.29) is 30.9 Å². The summed E-state index contributed by atoms with van der Waals surface area (Å²) in [6.07, 6.45) is 1.64. The summed E-state index contributed by atoms with van der Waals surface area (Å²) >= 11 is 0. The molecular weight excluding hydrogens is 572 g/mol. The van der Waals surface area contributed by atoms with Gasteiger partial charge in [0, 0.05) is 35.3 Å². The molecule has 0 bridgehead atoms. The minimum Gasteiger partial charge on any atom is -0.481 e. The zero-order chi connectivity index (χ0) is 32.6. The van der Waals surface area contributed by atoms with Crippen molar-refractivity contribution in [2.24, 2.45) is 5.92 Å². The highest BCUT2D eigenvalue weighted by molar-refractivity contribution is 5.99. The standard InChI is InChI=1S/C35H38N4O6/c1-35(2,3)39-33(44)26-12-6-4-11-24(26)18-30(40)25(17-22-9-8-16-36-21-22)19-31(41)29(20-32(42)43)38-34(45)28-15-14-23-10-5-7-13-27(23)37-28/h4-16,21,25,29-30,40H,17-20H2,1-3H3,(H,38,45)(H,39,44)(H,42,43)/t25?,29-,30+/m0/s1. The first-order chi connectivity index (χ1) is 21.4. The fourth-order valence-corrected chi connectivity index (χ4v) is 5.13. The van der Waals surface area contributed by atoms with Gasteiger partial charge in [-0.25, -0.2) is 4.98 Å². The van der Waals surface area contributed by atoms with Gasteiger partial charge in [0.05, 0.1) is 24.1 Å². The lowest BCUT2D eigenvalue weighted by atomic mass is 9.84. The van der Waals surface area contributed by atoms with E-state index in [2.05, 4.69) is 20.6 Å². The van der Waals surface area contributed by atoms with Gasteiger partial charge in [-0.15, -0.1) is 0 Å². The van der Waals surface area contributed by atoms with Crippen molar-refractivity contribution in [3.8, 4) is 0 Å². The maximum Gasteiger partial charge on any atom is 0.305 e. The van der Waals surface area contributed by atoms with E-state index in [1.54, 1.807) is 60.9 Å². The summed E-state index contributed by atoms with van der Waals surface area (Å²) in [4.78, 5) is 60.0. The molecule has 10 heteroatoms. The number of para-hydroxylation sites is 1. The van der Waals surface area contributed by atoms with Crippen molar-refractivity contribution < 1.29 is 29.4 Å². The Morgan fingerprint density at radius 1 is 0.844 bits per heavy atom. The monoisotopic (exact) mass is 610 g/mol. The number of hydrogen-bond acceptors (Lipinski definition) is 7. The van der Waals surface area contributed by atoms with E-state index >= 15 is 0 Å². The van der Waals surface area contributed by atoms with Crippen molar-refractivity contribution in [3.05, 3.63) is 108 Å². The largest absolute Gasteiger partial charge is 0.481 e. The van der Waals surface area contributed by atoms with Crippen molar-refractivity contribution >= 4 is 34.5 Å². The molecule has 0 spiro atoms. The molecular formula is C35H38N4O6. The first-order valence-corrected chi connectivity index (χ1v) is 14.8. The molecule has 0 fully saturated rings. The molecule has 45 heavy (non-hydrogen) atoms. The second-order valence-electron chi connectivity index (χ2n) is 12.1. The number of aromatic nitrogens is 2. The predicted molar refractivity (Wildman–Crippen MR) is 170 cm³/mol.